The van der Waals surface area contributed by atoms with E-state index in [1.165, 1.54) is 6.07 Å². The quantitative estimate of drug-likeness (QED) is 0.256. The molecule has 0 bridgehead atoms. The zero-order valence-corrected chi connectivity index (χ0v) is 23.8. The van der Waals surface area contributed by atoms with Crippen LogP contribution in [0.1, 0.15) is 59.6 Å². The molecule has 42 heavy (non-hydrogen) atoms. The maximum atomic E-state index is 14.8. The van der Waals surface area contributed by atoms with Crippen molar-refractivity contribution < 1.29 is 33.2 Å². The van der Waals surface area contributed by atoms with Gasteiger partial charge in [0.15, 0.2) is 11.5 Å². The highest BCUT2D eigenvalue weighted by atomic mass is 35.5. The van der Waals surface area contributed by atoms with Crippen molar-refractivity contribution in [2.24, 2.45) is 5.92 Å². The Morgan fingerprint density at radius 3 is 2.69 bits per heavy atom. The molecule has 0 amide bonds. The van der Waals surface area contributed by atoms with Crippen molar-refractivity contribution in [3.63, 3.8) is 0 Å². The first-order valence-electron chi connectivity index (χ1n) is 14.2. The maximum absolute atomic E-state index is 14.8. The highest BCUT2D eigenvalue weighted by Gasteiger charge is 2.43. The van der Waals surface area contributed by atoms with Crippen molar-refractivity contribution in [2.45, 2.75) is 57.1 Å². The summed E-state index contributed by atoms with van der Waals surface area (Å²) in [7, 11) is 0. The molecule has 0 saturated carbocycles. The summed E-state index contributed by atoms with van der Waals surface area (Å²) in [5.41, 5.74) is 2.97. The van der Waals surface area contributed by atoms with Crippen LogP contribution >= 0.6 is 11.6 Å². The first-order chi connectivity index (χ1) is 20.3. The largest absolute Gasteiger partial charge is 0.478 e. The summed E-state index contributed by atoms with van der Waals surface area (Å²) in [5, 5.41) is 9.82. The second-order valence-electron chi connectivity index (χ2n) is 11.3. The van der Waals surface area contributed by atoms with Crippen molar-refractivity contribution in [1.82, 2.24) is 9.55 Å². The first-order valence-corrected chi connectivity index (χ1v) is 14.6. The number of carbonyl (C=O) groups is 1. The number of aromatic nitrogens is 2. The lowest BCUT2D eigenvalue weighted by Crippen LogP contribution is -2.33. The molecule has 0 aliphatic carbocycles. The average molecular weight is 593 g/mol. The fourth-order valence-corrected chi connectivity index (χ4v) is 6.30. The summed E-state index contributed by atoms with van der Waals surface area (Å²) in [5.74, 6) is -0.525. The van der Waals surface area contributed by atoms with Crippen molar-refractivity contribution in [2.75, 3.05) is 13.2 Å². The molecular formula is C32H30ClFN2O6. The van der Waals surface area contributed by atoms with Crippen LogP contribution in [0.3, 0.4) is 0 Å². The molecule has 3 unspecified atom stereocenters. The number of para-hydroxylation sites is 1. The van der Waals surface area contributed by atoms with Gasteiger partial charge in [-0.15, -0.1) is 0 Å². The van der Waals surface area contributed by atoms with Gasteiger partial charge in [0.25, 0.3) is 5.79 Å². The predicted molar refractivity (Wildman–Crippen MR) is 153 cm³/mol. The second kappa shape index (κ2) is 10.6. The van der Waals surface area contributed by atoms with E-state index in [-0.39, 0.29) is 29.3 Å². The molecule has 10 heteroatoms. The van der Waals surface area contributed by atoms with Crippen LogP contribution in [0.25, 0.3) is 11.0 Å². The molecule has 218 valence electrons. The second-order valence-corrected chi connectivity index (χ2v) is 11.8. The number of rotatable bonds is 7. The molecule has 0 radical (unpaired) electrons. The standard InChI is InChI=1S/C32H30ClFN2O6/c1-32(23-8-7-20(33)15-24(23)34)41-28-4-2-3-22(30(28)42-32)27-10-5-18(17-40-27)13-29-35-25-9-6-19(31(37)38)14-26(25)36(29)16-21-11-12-39-21/h2-4,6-9,14-15,18,21,27H,5,10-13,16-17H2,1H3,(H,37,38)/t18?,21-,27?,32?/m0/s1. The highest BCUT2D eigenvalue weighted by molar-refractivity contribution is 6.30. The maximum Gasteiger partial charge on any atom is 0.335 e. The highest BCUT2D eigenvalue weighted by Crippen LogP contribution is 2.50. The molecule has 2 saturated heterocycles. The first kappa shape index (κ1) is 27.2. The van der Waals surface area contributed by atoms with Crippen LogP contribution in [-0.2, 0) is 28.2 Å². The Morgan fingerprint density at radius 2 is 1.98 bits per heavy atom. The van der Waals surface area contributed by atoms with Crippen molar-refractivity contribution in [3.05, 3.63) is 88.0 Å². The molecule has 1 aromatic heterocycles. The molecule has 4 heterocycles. The van der Waals surface area contributed by atoms with Crippen LogP contribution in [0.5, 0.6) is 11.5 Å². The summed E-state index contributed by atoms with van der Waals surface area (Å²) in [6, 6.07) is 15.2. The Bertz CT molecular complexity index is 1680. The lowest BCUT2D eigenvalue weighted by atomic mass is 9.92. The van der Waals surface area contributed by atoms with E-state index in [0.29, 0.717) is 36.1 Å². The van der Waals surface area contributed by atoms with Crippen molar-refractivity contribution >= 4 is 28.6 Å². The number of carboxylic acids is 1. The summed E-state index contributed by atoms with van der Waals surface area (Å²) in [4.78, 5) is 16.5. The minimum absolute atomic E-state index is 0.107. The van der Waals surface area contributed by atoms with Gasteiger partial charge in [-0.05, 0) is 67.6 Å². The van der Waals surface area contributed by atoms with E-state index < -0.39 is 17.6 Å². The van der Waals surface area contributed by atoms with Gasteiger partial charge < -0.3 is 28.6 Å². The van der Waals surface area contributed by atoms with E-state index in [1.807, 2.05) is 18.2 Å². The molecule has 2 fully saturated rings. The van der Waals surface area contributed by atoms with Gasteiger partial charge in [0, 0.05) is 30.5 Å². The summed E-state index contributed by atoms with van der Waals surface area (Å²) in [6.07, 6.45) is 3.27. The zero-order chi connectivity index (χ0) is 29.0. The third-order valence-corrected chi connectivity index (χ3v) is 8.71. The van der Waals surface area contributed by atoms with Crippen LogP contribution in [-0.4, -0.2) is 39.9 Å². The van der Waals surface area contributed by atoms with Gasteiger partial charge in [0.05, 0.1) is 47.5 Å². The molecule has 4 atom stereocenters. The average Bonchev–Trinajstić information content (AvgIpc) is 3.47. The topological polar surface area (TPSA) is 92.0 Å². The molecule has 3 aromatic carbocycles. The van der Waals surface area contributed by atoms with Gasteiger partial charge in [-0.3, -0.25) is 0 Å². The van der Waals surface area contributed by atoms with E-state index in [0.717, 1.165) is 48.3 Å². The number of halogens is 2. The number of nitrogens with zero attached hydrogens (tertiary/aromatic N) is 2. The zero-order valence-electron chi connectivity index (χ0n) is 23.0. The van der Waals surface area contributed by atoms with Gasteiger partial charge in [-0.2, -0.15) is 0 Å². The van der Waals surface area contributed by atoms with Crippen LogP contribution in [0.15, 0.2) is 54.6 Å². The molecule has 8 nitrogen and oxygen atoms in total. The number of fused-ring (bicyclic) bond motifs is 2. The molecule has 3 aliphatic rings. The Morgan fingerprint density at radius 1 is 1.12 bits per heavy atom. The third-order valence-electron chi connectivity index (χ3n) is 8.47. The number of aromatic carboxylic acids is 1. The Balaban J connectivity index is 1.08. The number of ether oxygens (including phenoxy) is 4. The Kier molecular flexibility index (Phi) is 6.84. The summed E-state index contributed by atoms with van der Waals surface area (Å²) < 4.78 is 41.4. The van der Waals surface area contributed by atoms with Crippen molar-refractivity contribution in [3.8, 4) is 11.5 Å². The fraction of sp³-hybridized carbons (Fsp3) is 0.375. The Labute approximate surface area is 246 Å². The molecule has 4 aromatic rings. The van der Waals surface area contributed by atoms with Gasteiger partial charge in [0.2, 0.25) is 0 Å². The van der Waals surface area contributed by atoms with E-state index in [2.05, 4.69) is 4.57 Å². The number of benzene rings is 3. The van der Waals surface area contributed by atoms with Gasteiger partial charge in [-0.25, -0.2) is 14.2 Å². The van der Waals surface area contributed by atoms with Crippen LogP contribution < -0.4 is 9.47 Å². The monoisotopic (exact) mass is 592 g/mol. The number of hydrogen-bond donors (Lipinski definition) is 1. The fourth-order valence-electron chi connectivity index (χ4n) is 6.14. The SMILES string of the molecule is CC1(c2ccc(Cl)cc2F)Oc2cccc(C3CCC(Cc4nc5ccc(C(=O)O)cc5n4C[C@@H]4CCO4)CO3)c2O1. The van der Waals surface area contributed by atoms with Crippen LogP contribution in [0.2, 0.25) is 5.02 Å². The molecule has 7 rings (SSSR count). The Hall–Kier alpha value is -3.66. The van der Waals surface area contributed by atoms with Gasteiger partial charge in [-0.1, -0.05) is 23.7 Å². The number of hydrogen-bond acceptors (Lipinski definition) is 6. The van der Waals surface area contributed by atoms with E-state index in [4.69, 9.17) is 35.5 Å². The molecular weight excluding hydrogens is 563 g/mol. The van der Waals surface area contributed by atoms with E-state index in [9.17, 15) is 14.3 Å². The molecule has 3 aliphatic heterocycles. The minimum atomic E-state index is -1.33. The lowest BCUT2D eigenvalue weighted by Gasteiger charge is -2.31. The minimum Gasteiger partial charge on any atom is -0.478 e. The third kappa shape index (κ3) is 4.89. The normalized spacial score (nSPS) is 25.0. The number of imidazole rings is 1. The van der Waals surface area contributed by atoms with Crippen LogP contribution in [0, 0.1) is 11.7 Å². The molecule has 1 N–H and O–H groups in total. The van der Waals surface area contributed by atoms with Crippen molar-refractivity contribution in [1.29, 1.82) is 0 Å². The summed E-state index contributed by atoms with van der Waals surface area (Å²) >= 11 is 5.96. The van der Waals surface area contributed by atoms with E-state index >= 15 is 0 Å². The predicted octanol–water partition coefficient (Wildman–Crippen LogP) is 6.67. The van der Waals surface area contributed by atoms with E-state index in [1.54, 1.807) is 37.3 Å². The number of carboxylic acid groups (broad SMARTS) is 1. The molecule has 0 spiro atoms. The summed E-state index contributed by atoms with van der Waals surface area (Å²) in [6.45, 7) is 3.62. The van der Waals surface area contributed by atoms with Gasteiger partial charge in [0.1, 0.15) is 11.6 Å². The smallest absolute Gasteiger partial charge is 0.335 e. The van der Waals surface area contributed by atoms with Gasteiger partial charge >= 0.3 is 5.97 Å². The lowest BCUT2D eigenvalue weighted by molar-refractivity contribution is -0.0732. The van der Waals surface area contributed by atoms with Crippen LogP contribution in [0.4, 0.5) is 4.39 Å².